The van der Waals surface area contributed by atoms with Crippen LogP contribution in [0.4, 0.5) is 4.79 Å². The van der Waals surface area contributed by atoms with E-state index < -0.39 is 12.1 Å². The lowest BCUT2D eigenvalue weighted by molar-refractivity contribution is 0.0824. The number of para-hydroxylation sites is 1. The Morgan fingerprint density at radius 3 is 2.23 bits per heavy atom. The lowest BCUT2D eigenvalue weighted by atomic mass is 10.1. The number of alkyl carbamates (subject to hydrolysis) is 1. The molecule has 150 valence electrons. The van der Waals surface area contributed by atoms with Crippen molar-refractivity contribution in [2.24, 2.45) is 0 Å². The van der Waals surface area contributed by atoms with Crippen molar-refractivity contribution in [2.75, 3.05) is 0 Å². The second-order valence-electron chi connectivity index (χ2n) is 6.78. The maximum atomic E-state index is 13.2. The SMILES string of the molecule is O=C(N[C@@H](Cc1ccccc1)C(=O)n1nnc2ccccc21)OCc1ccccc1. The van der Waals surface area contributed by atoms with E-state index in [0.717, 1.165) is 11.1 Å². The van der Waals surface area contributed by atoms with Crippen LogP contribution in [-0.2, 0) is 17.8 Å². The van der Waals surface area contributed by atoms with Crippen LogP contribution < -0.4 is 5.32 Å². The average Bonchev–Trinajstić information content (AvgIpc) is 3.22. The van der Waals surface area contributed by atoms with E-state index >= 15 is 0 Å². The van der Waals surface area contributed by atoms with E-state index in [9.17, 15) is 9.59 Å². The highest BCUT2D eigenvalue weighted by Gasteiger charge is 2.26. The molecule has 4 rings (SSSR count). The molecule has 0 saturated carbocycles. The third-order valence-electron chi connectivity index (χ3n) is 4.65. The van der Waals surface area contributed by atoms with Crippen molar-refractivity contribution in [1.82, 2.24) is 20.3 Å². The Morgan fingerprint density at radius 2 is 1.50 bits per heavy atom. The maximum Gasteiger partial charge on any atom is 0.408 e. The lowest BCUT2D eigenvalue weighted by Crippen LogP contribution is -2.45. The summed E-state index contributed by atoms with van der Waals surface area (Å²) in [4.78, 5) is 25.6. The van der Waals surface area contributed by atoms with Crippen LogP contribution in [0.2, 0.25) is 0 Å². The lowest BCUT2D eigenvalue weighted by Gasteiger charge is -2.17. The van der Waals surface area contributed by atoms with E-state index in [1.807, 2.05) is 72.8 Å². The topological polar surface area (TPSA) is 86.1 Å². The molecule has 30 heavy (non-hydrogen) atoms. The molecule has 0 bridgehead atoms. The largest absolute Gasteiger partial charge is 0.445 e. The van der Waals surface area contributed by atoms with Gasteiger partial charge in [-0.05, 0) is 23.3 Å². The van der Waals surface area contributed by atoms with E-state index in [0.29, 0.717) is 17.5 Å². The Hall–Kier alpha value is -4.00. The minimum absolute atomic E-state index is 0.116. The van der Waals surface area contributed by atoms with Crippen LogP contribution in [0.5, 0.6) is 0 Å². The third kappa shape index (κ3) is 4.52. The van der Waals surface area contributed by atoms with Gasteiger partial charge in [0.2, 0.25) is 0 Å². The number of ether oxygens (including phenoxy) is 1. The number of carbonyl (C=O) groups is 2. The van der Waals surface area contributed by atoms with Crippen molar-refractivity contribution >= 4 is 23.0 Å². The standard InChI is InChI=1S/C23H20N4O3/c28-22(27-21-14-8-7-13-19(21)25-26-27)20(15-17-9-3-1-4-10-17)24-23(29)30-16-18-11-5-2-6-12-18/h1-14,20H,15-16H2,(H,24,29)/t20-/m0/s1. The molecule has 0 spiro atoms. The third-order valence-corrected chi connectivity index (χ3v) is 4.65. The van der Waals surface area contributed by atoms with E-state index in [1.54, 1.807) is 12.1 Å². The second-order valence-corrected chi connectivity index (χ2v) is 6.78. The van der Waals surface area contributed by atoms with Gasteiger partial charge in [0.05, 0.1) is 5.52 Å². The zero-order valence-electron chi connectivity index (χ0n) is 16.1. The Bertz CT molecular complexity index is 1140. The molecule has 1 atom stereocenters. The molecule has 1 aromatic heterocycles. The molecule has 0 radical (unpaired) electrons. The van der Waals surface area contributed by atoms with Crippen molar-refractivity contribution < 1.29 is 14.3 Å². The van der Waals surface area contributed by atoms with Gasteiger partial charge in [0, 0.05) is 6.42 Å². The first-order valence-corrected chi connectivity index (χ1v) is 9.56. The summed E-state index contributed by atoms with van der Waals surface area (Å²) in [5, 5.41) is 10.7. The van der Waals surface area contributed by atoms with Crippen molar-refractivity contribution in [3.05, 3.63) is 96.1 Å². The Labute approximate surface area is 173 Å². The average molecular weight is 400 g/mol. The monoisotopic (exact) mass is 400 g/mol. The van der Waals surface area contributed by atoms with Crippen LogP contribution in [-0.4, -0.2) is 33.0 Å². The smallest absolute Gasteiger partial charge is 0.408 e. The highest BCUT2D eigenvalue weighted by atomic mass is 16.5. The molecular weight excluding hydrogens is 380 g/mol. The summed E-state index contributed by atoms with van der Waals surface area (Å²) in [6.07, 6.45) is -0.369. The summed E-state index contributed by atoms with van der Waals surface area (Å²) in [6, 6.07) is 25.1. The zero-order chi connectivity index (χ0) is 20.8. The van der Waals surface area contributed by atoms with E-state index in [1.165, 1.54) is 4.68 Å². The van der Waals surface area contributed by atoms with Crippen LogP contribution in [0.3, 0.4) is 0 Å². The zero-order valence-corrected chi connectivity index (χ0v) is 16.1. The van der Waals surface area contributed by atoms with E-state index in [4.69, 9.17) is 4.74 Å². The number of amides is 1. The normalized spacial score (nSPS) is 11.7. The van der Waals surface area contributed by atoms with Gasteiger partial charge >= 0.3 is 6.09 Å². The number of hydrogen-bond acceptors (Lipinski definition) is 5. The van der Waals surface area contributed by atoms with Crippen molar-refractivity contribution in [2.45, 2.75) is 19.1 Å². The van der Waals surface area contributed by atoms with Crippen molar-refractivity contribution in [3.63, 3.8) is 0 Å². The van der Waals surface area contributed by atoms with Gasteiger partial charge in [-0.25, -0.2) is 4.79 Å². The van der Waals surface area contributed by atoms with Gasteiger partial charge in [0.1, 0.15) is 18.2 Å². The summed E-state index contributed by atoms with van der Waals surface area (Å²) in [6.45, 7) is 0.116. The van der Waals surface area contributed by atoms with Gasteiger partial charge in [0.15, 0.2) is 0 Å². The molecule has 0 fully saturated rings. The molecule has 4 aromatic rings. The summed E-state index contributed by atoms with van der Waals surface area (Å²) in [7, 11) is 0. The van der Waals surface area contributed by atoms with Gasteiger partial charge in [0.25, 0.3) is 5.91 Å². The van der Waals surface area contributed by atoms with E-state index in [2.05, 4.69) is 15.6 Å². The number of benzene rings is 3. The fourth-order valence-electron chi connectivity index (χ4n) is 3.14. The molecule has 0 unspecified atom stereocenters. The predicted octanol–water partition coefficient (Wildman–Crippen LogP) is 3.61. The molecule has 1 N–H and O–H groups in total. The second kappa shape index (κ2) is 9.00. The Kier molecular flexibility index (Phi) is 5.80. The number of aromatic nitrogens is 3. The molecule has 7 heteroatoms. The quantitative estimate of drug-likeness (QED) is 0.534. The van der Waals surface area contributed by atoms with Gasteiger partial charge in [-0.2, -0.15) is 4.68 Å². The number of nitrogens with zero attached hydrogens (tertiary/aromatic N) is 3. The maximum absolute atomic E-state index is 13.2. The van der Waals surface area contributed by atoms with Crippen LogP contribution in [0.1, 0.15) is 15.9 Å². The number of carbonyl (C=O) groups excluding carboxylic acids is 2. The summed E-state index contributed by atoms with van der Waals surface area (Å²) < 4.78 is 6.53. The first-order chi connectivity index (χ1) is 14.7. The minimum Gasteiger partial charge on any atom is -0.445 e. The predicted molar refractivity (Wildman–Crippen MR) is 112 cm³/mol. The first-order valence-electron chi connectivity index (χ1n) is 9.56. The Morgan fingerprint density at radius 1 is 0.867 bits per heavy atom. The Balaban J connectivity index is 1.53. The number of rotatable bonds is 6. The number of hydrogen-bond donors (Lipinski definition) is 1. The van der Waals surface area contributed by atoms with Gasteiger partial charge < -0.3 is 10.1 Å². The first kappa shape index (κ1) is 19.3. The number of fused-ring (bicyclic) bond motifs is 1. The molecule has 0 aliphatic rings. The fourth-order valence-corrected chi connectivity index (χ4v) is 3.14. The minimum atomic E-state index is -0.860. The summed E-state index contributed by atoms with van der Waals surface area (Å²) in [5.41, 5.74) is 2.96. The molecule has 3 aromatic carbocycles. The van der Waals surface area contributed by atoms with Crippen LogP contribution in [0, 0.1) is 0 Å². The van der Waals surface area contributed by atoms with Gasteiger partial charge in [-0.15, -0.1) is 5.10 Å². The fraction of sp³-hybridized carbons (Fsp3) is 0.130. The highest BCUT2D eigenvalue weighted by molar-refractivity contribution is 5.93. The molecule has 7 nitrogen and oxygen atoms in total. The van der Waals surface area contributed by atoms with E-state index in [-0.39, 0.29) is 12.5 Å². The van der Waals surface area contributed by atoms with Crippen LogP contribution >= 0.6 is 0 Å². The summed E-state index contributed by atoms with van der Waals surface area (Å²) in [5.74, 6) is -0.385. The van der Waals surface area contributed by atoms with Crippen LogP contribution in [0.25, 0.3) is 11.0 Å². The van der Waals surface area contributed by atoms with Crippen molar-refractivity contribution in [3.8, 4) is 0 Å². The molecule has 0 aliphatic heterocycles. The molecule has 0 aliphatic carbocycles. The highest BCUT2D eigenvalue weighted by Crippen LogP contribution is 2.12. The van der Waals surface area contributed by atoms with Crippen molar-refractivity contribution in [1.29, 1.82) is 0 Å². The molecule has 1 amide bonds. The van der Waals surface area contributed by atoms with Gasteiger partial charge in [-0.3, -0.25) is 4.79 Å². The molecular formula is C23H20N4O3. The number of nitrogens with one attached hydrogen (secondary N) is 1. The van der Waals surface area contributed by atoms with Crippen LogP contribution in [0.15, 0.2) is 84.9 Å². The molecule has 1 heterocycles. The molecule has 0 saturated heterocycles. The summed E-state index contributed by atoms with van der Waals surface area (Å²) >= 11 is 0. The van der Waals surface area contributed by atoms with Gasteiger partial charge in [-0.1, -0.05) is 78.0 Å².